The maximum absolute atomic E-state index is 5.97. The molecule has 6 heteroatoms. The van der Waals surface area contributed by atoms with Gasteiger partial charge in [-0.1, -0.05) is 12.1 Å². The van der Waals surface area contributed by atoms with Crippen LogP contribution >= 0.6 is 0 Å². The molecule has 2 aromatic rings. The molecule has 134 valence electrons. The van der Waals surface area contributed by atoms with E-state index in [1.165, 1.54) is 11.3 Å². The molecule has 0 saturated carbocycles. The van der Waals surface area contributed by atoms with Gasteiger partial charge in [-0.25, -0.2) is 0 Å². The van der Waals surface area contributed by atoms with Gasteiger partial charge < -0.3 is 14.2 Å². The van der Waals surface area contributed by atoms with Gasteiger partial charge in [0.15, 0.2) is 11.5 Å². The van der Waals surface area contributed by atoms with Gasteiger partial charge in [-0.15, -0.1) is 0 Å². The van der Waals surface area contributed by atoms with Crippen molar-refractivity contribution in [2.24, 2.45) is 0 Å². The molecule has 2 aliphatic rings. The molecular formula is C19H25N3O3. The zero-order valence-corrected chi connectivity index (χ0v) is 14.9. The quantitative estimate of drug-likeness (QED) is 0.852. The Morgan fingerprint density at radius 2 is 2.04 bits per heavy atom. The molecule has 0 spiro atoms. The van der Waals surface area contributed by atoms with Crippen molar-refractivity contribution in [3.63, 3.8) is 0 Å². The van der Waals surface area contributed by atoms with Gasteiger partial charge in [0, 0.05) is 30.9 Å². The van der Waals surface area contributed by atoms with E-state index in [2.05, 4.69) is 29.1 Å². The third-order valence-corrected chi connectivity index (χ3v) is 4.74. The number of morpholine rings is 1. The van der Waals surface area contributed by atoms with E-state index < -0.39 is 0 Å². The fourth-order valence-electron chi connectivity index (χ4n) is 3.59. The summed E-state index contributed by atoms with van der Waals surface area (Å²) in [6.07, 6.45) is 0.156. The lowest BCUT2D eigenvalue weighted by atomic mass is 10.1. The first-order valence-electron chi connectivity index (χ1n) is 8.91. The van der Waals surface area contributed by atoms with Crippen molar-refractivity contribution in [1.29, 1.82) is 0 Å². The molecule has 0 N–H and O–H groups in total. The van der Waals surface area contributed by atoms with Crippen molar-refractivity contribution in [3.05, 3.63) is 41.2 Å². The number of para-hydroxylation sites is 1. The van der Waals surface area contributed by atoms with Crippen LogP contribution in [0.5, 0.6) is 11.5 Å². The Balaban J connectivity index is 1.43. The van der Waals surface area contributed by atoms with Crippen molar-refractivity contribution in [1.82, 2.24) is 14.7 Å². The smallest absolute Gasteiger partial charge is 0.165 e. The van der Waals surface area contributed by atoms with Crippen LogP contribution in [0.3, 0.4) is 0 Å². The Morgan fingerprint density at radius 1 is 1.16 bits per heavy atom. The van der Waals surface area contributed by atoms with E-state index in [1.54, 1.807) is 0 Å². The molecule has 0 radical (unpaired) electrons. The highest BCUT2D eigenvalue weighted by atomic mass is 16.6. The number of hydrogen-bond donors (Lipinski definition) is 0. The average Bonchev–Trinajstić information content (AvgIpc) is 2.93. The van der Waals surface area contributed by atoms with Crippen LogP contribution in [0.25, 0.3) is 0 Å². The zero-order chi connectivity index (χ0) is 17.2. The summed E-state index contributed by atoms with van der Waals surface area (Å²) in [5, 5.41) is 4.55. The largest absolute Gasteiger partial charge is 0.486 e. The third kappa shape index (κ3) is 3.65. The Hall–Kier alpha value is -2.05. The van der Waals surface area contributed by atoms with Crippen molar-refractivity contribution in [2.45, 2.75) is 33.0 Å². The molecule has 2 aliphatic heterocycles. The monoisotopic (exact) mass is 343 g/mol. The minimum absolute atomic E-state index is 0.156. The average molecular weight is 343 g/mol. The number of hydrogen-bond acceptors (Lipinski definition) is 5. The molecule has 25 heavy (non-hydrogen) atoms. The molecule has 6 nitrogen and oxygen atoms in total. The highest BCUT2D eigenvalue weighted by Crippen LogP contribution is 2.34. The lowest BCUT2D eigenvalue weighted by Gasteiger charge is -2.33. The number of aromatic nitrogens is 2. The first kappa shape index (κ1) is 16.4. The maximum atomic E-state index is 5.97. The van der Waals surface area contributed by atoms with Crippen LogP contribution in [0.2, 0.25) is 0 Å². The molecule has 0 amide bonds. The fourth-order valence-corrected chi connectivity index (χ4v) is 3.59. The van der Waals surface area contributed by atoms with Gasteiger partial charge in [0.2, 0.25) is 0 Å². The number of benzene rings is 1. The Kier molecular flexibility index (Phi) is 4.63. The first-order valence-corrected chi connectivity index (χ1v) is 8.91. The first-order chi connectivity index (χ1) is 12.2. The van der Waals surface area contributed by atoms with E-state index in [0.717, 1.165) is 50.0 Å². The summed E-state index contributed by atoms with van der Waals surface area (Å²) in [4.78, 5) is 2.42. The molecule has 1 saturated heterocycles. The summed E-state index contributed by atoms with van der Waals surface area (Å²) in [6.45, 7) is 9.57. The Bertz CT molecular complexity index is 744. The second-order valence-electron chi connectivity index (χ2n) is 6.78. The third-order valence-electron chi connectivity index (χ3n) is 4.74. The number of rotatable bonds is 4. The SMILES string of the molecule is Cc1cc(C)n(C[C@H]2CN(Cc3cccc4c3OCCO4)CCO2)n1. The van der Waals surface area contributed by atoms with E-state index in [4.69, 9.17) is 14.2 Å². The van der Waals surface area contributed by atoms with E-state index >= 15 is 0 Å². The van der Waals surface area contributed by atoms with Gasteiger partial charge in [0.25, 0.3) is 0 Å². The van der Waals surface area contributed by atoms with E-state index in [1.807, 2.05) is 23.7 Å². The van der Waals surface area contributed by atoms with Crippen LogP contribution in [0.4, 0.5) is 0 Å². The van der Waals surface area contributed by atoms with Gasteiger partial charge in [-0.05, 0) is 26.0 Å². The van der Waals surface area contributed by atoms with Gasteiger partial charge >= 0.3 is 0 Å². The van der Waals surface area contributed by atoms with Crippen LogP contribution in [0.15, 0.2) is 24.3 Å². The van der Waals surface area contributed by atoms with Crippen LogP contribution in [-0.2, 0) is 17.8 Å². The van der Waals surface area contributed by atoms with Gasteiger partial charge in [-0.3, -0.25) is 9.58 Å². The fraction of sp³-hybridized carbons (Fsp3) is 0.526. The molecule has 1 aromatic heterocycles. The zero-order valence-electron chi connectivity index (χ0n) is 14.9. The highest BCUT2D eigenvalue weighted by Gasteiger charge is 2.24. The van der Waals surface area contributed by atoms with Crippen LogP contribution in [0, 0.1) is 13.8 Å². The summed E-state index contributed by atoms with van der Waals surface area (Å²) in [5.74, 6) is 1.76. The second-order valence-corrected chi connectivity index (χ2v) is 6.78. The van der Waals surface area contributed by atoms with Gasteiger partial charge in [0.1, 0.15) is 13.2 Å². The molecule has 0 aliphatic carbocycles. The van der Waals surface area contributed by atoms with E-state index in [0.29, 0.717) is 13.2 Å². The van der Waals surface area contributed by atoms with Crippen LogP contribution in [-0.4, -0.2) is 53.7 Å². The van der Waals surface area contributed by atoms with Crippen molar-refractivity contribution < 1.29 is 14.2 Å². The van der Waals surface area contributed by atoms with Crippen molar-refractivity contribution in [3.8, 4) is 11.5 Å². The maximum Gasteiger partial charge on any atom is 0.165 e. The standard InChI is InChI=1S/C19H25N3O3/c1-14-10-15(2)22(20-14)13-17-12-21(6-7-23-17)11-16-4-3-5-18-19(16)25-9-8-24-18/h3-5,10,17H,6-9,11-13H2,1-2H3/t17-/m1/s1. The highest BCUT2D eigenvalue weighted by molar-refractivity contribution is 5.47. The van der Waals surface area contributed by atoms with Crippen LogP contribution < -0.4 is 9.47 Å². The molecule has 3 heterocycles. The second kappa shape index (κ2) is 7.06. The molecule has 1 fully saturated rings. The lowest BCUT2D eigenvalue weighted by molar-refractivity contribution is -0.0407. The Morgan fingerprint density at radius 3 is 2.88 bits per heavy atom. The number of ether oxygens (including phenoxy) is 3. The minimum atomic E-state index is 0.156. The van der Waals surface area contributed by atoms with Gasteiger partial charge in [-0.2, -0.15) is 5.10 Å². The van der Waals surface area contributed by atoms with Gasteiger partial charge in [0.05, 0.1) is 24.9 Å². The van der Waals surface area contributed by atoms with Crippen molar-refractivity contribution >= 4 is 0 Å². The normalized spacial score (nSPS) is 20.6. The number of nitrogens with zero attached hydrogens (tertiary/aromatic N) is 3. The molecule has 4 rings (SSSR count). The molecule has 1 aromatic carbocycles. The van der Waals surface area contributed by atoms with E-state index in [9.17, 15) is 0 Å². The topological polar surface area (TPSA) is 48.8 Å². The molecule has 0 bridgehead atoms. The lowest BCUT2D eigenvalue weighted by Crippen LogP contribution is -2.44. The Labute approximate surface area is 148 Å². The van der Waals surface area contributed by atoms with Crippen LogP contribution in [0.1, 0.15) is 17.0 Å². The predicted octanol–water partition coefficient (Wildman–Crippen LogP) is 2.17. The number of aryl methyl sites for hydroxylation is 2. The summed E-state index contributed by atoms with van der Waals surface area (Å²) >= 11 is 0. The summed E-state index contributed by atoms with van der Waals surface area (Å²) in [6, 6.07) is 8.24. The summed E-state index contributed by atoms with van der Waals surface area (Å²) in [5.41, 5.74) is 3.42. The molecular weight excluding hydrogens is 318 g/mol. The predicted molar refractivity (Wildman–Crippen MR) is 94.2 cm³/mol. The number of fused-ring (bicyclic) bond motifs is 1. The summed E-state index contributed by atoms with van der Waals surface area (Å²) in [7, 11) is 0. The van der Waals surface area contributed by atoms with Crippen molar-refractivity contribution in [2.75, 3.05) is 32.9 Å². The van der Waals surface area contributed by atoms with E-state index in [-0.39, 0.29) is 6.10 Å². The minimum Gasteiger partial charge on any atom is -0.486 e. The molecule has 1 atom stereocenters. The molecule has 0 unspecified atom stereocenters. The summed E-state index contributed by atoms with van der Waals surface area (Å²) < 4.78 is 19.5.